The molecule has 1 saturated heterocycles. The minimum atomic E-state index is 0.00292. The van der Waals surface area contributed by atoms with Gasteiger partial charge in [-0.15, -0.1) is 0 Å². The van der Waals surface area contributed by atoms with Gasteiger partial charge in [-0.25, -0.2) is 9.97 Å². The van der Waals surface area contributed by atoms with E-state index in [0.717, 1.165) is 11.5 Å². The van der Waals surface area contributed by atoms with Crippen molar-refractivity contribution in [1.29, 1.82) is 0 Å². The second-order valence-corrected chi connectivity index (χ2v) is 4.94. The first-order chi connectivity index (χ1) is 6.77. The van der Waals surface area contributed by atoms with Crippen LogP contribution in [0.1, 0.15) is 42.6 Å². The van der Waals surface area contributed by atoms with E-state index in [1.807, 2.05) is 30.9 Å². The third kappa shape index (κ3) is 2.07. The number of nitrogens with two attached hydrogens (primary N) is 1. The van der Waals surface area contributed by atoms with Gasteiger partial charge >= 0.3 is 0 Å². The lowest BCUT2D eigenvalue weighted by molar-refractivity contribution is 0.725. The van der Waals surface area contributed by atoms with E-state index >= 15 is 0 Å². The molecule has 76 valence electrons. The first-order valence-electron chi connectivity index (χ1n) is 4.97. The maximum atomic E-state index is 5.78. The zero-order valence-electron chi connectivity index (χ0n) is 8.31. The van der Waals surface area contributed by atoms with Crippen LogP contribution in [-0.4, -0.2) is 15.7 Å². The Morgan fingerprint density at radius 1 is 1.64 bits per heavy atom. The van der Waals surface area contributed by atoms with Crippen LogP contribution in [0.4, 0.5) is 0 Å². The van der Waals surface area contributed by atoms with Crippen LogP contribution in [0.2, 0.25) is 0 Å². The lowest BCUT2D eigenvalue weighted by Crippen LogP contribution is -2.10. The van der Waals surface area contributed by atoms with E-state index in [1.165, 1.54) is 18.6 Å². The van der Waals surface area contributed by atoms with E-state index in [0.29, 0.717) is 5.25 Å². The number of hydrogen-bond acceptors (Lipinski definition) is 4. The summed E-state index contributed by atoms with van der Waals surface area (Å²) in [7, 11) is 0. The molecule has 1 aliphatic heterocycles. The SMILES string of the molecule is CC(N)c1ccnc(C2CCCS2)n1. The zero-order valence-corrected chi connectivity index (χ0v) is 9.13. The molecule has 1 fully saturated rings. The Bertz CT molecular complexity index is 308. The van der Waals surface area contributed by atoms with E-state index in [-0.39, 0.29) is 6.04 Å². The van der Waals surface area contributed by atoms with Gasteiger partial charge in [0, 0.05) is 12.2 Å². The molecule has 3 nitrogen and oxygen atoms in total. The van der Waals surface area contributed by atoms with Crippen molar-refractivity contribution in [3.63, 3.8) is 0 Å². The molecule has 1 aromatic rings. The molecular weight excluding hydrogens is 194 g/mol. The standard InChI is InChI=1S/C10H15N3S/c1-7(11)8-4-5-12-10(13-8)9-3-2-6-14-9/h4-5,7,9H,2-3,6,11H2,1H3. The van der Waals surface area contributed by atoms with Gasteiger partial charge in [0.1, 0.15) is 5.82 Å². The molecule has 2 N–H and O–H groups in total. The van der Waals surface area contributed by atoms with Gasteiger partial charge in [-0.05, 0) is 31.6 Å². The highest BCUT2D eigenvalue weighted by Gasteiger charge is 2.20. The summed E-state index contributed by atoms with van der Waals surface area (Å²) in [5.41, 5.74) is 6.73. The van der Waals surface area contributed by atoms with Crippen molar-refractivity contribution in [1.82, 2.24) is 9.97 Å². The molecule has 0 radical (unpaired) electrons. The van der Waals surface area contributed by atoms with Gasteiger partial charge in [-0.2, -0.15) is 11.8 Å². The molecule has 1 aliphatic rings. The van der Waals surface area contributed by atoms with Crippen LogP contribution in [0, 0.1) is 0 Å². The van der Waals surface area contributed by atoms with Gasteiger partial charge in [0.15, 0.2) is 0 Å². The van der Waals surface area contributed by atoms with Crippen molar-refractivity contribution >= 4 is 11.8 Å². The Labute approximate surface area is 88.5 Å². The summed E-state index contributed by atoms with van der Waals surface area (Å²) < 4.78 is 0. The molecule has 0 aliphatic carbocycles. The summed E-state index contributed by atoms with van der Waals surface area (Å²) >= 11 is 1.95. The topological polar surface area (TPSA) is 51.8 Å². The van der Waals surface area contributed by atoms with E-state index in [2.05, 4.69) is 9.97 Å². The van der Waals surface area contributed by atoms with Gasteiger partial charge in [0.2, 0.25) is 0 Å². The Balaban J connectivity index is 2.21. The molecule has 0 amide bonds. The minimum Gasteiger partial charge on any atom is -0.323 e. The molecule has 14 heavy (non-hydrogen) atoms. The monoisotopic (exact) mass is 209 g/mol. The van der Waals surface area contributed by atoms with Gasteiger partial charge in [-0.3, -0.25) is 0 Å². The van der Waals surface area contributed by atoms with Crippen LogP contribution in [0.25, 0.3) is 0 Å². The molecule has 0 bridgehead atoms. The van der Waals surface area contributed by atoms with Crippen molar-refractivity contribution in [2.75, 3.05) is 5.75 Å². The second kappa shape index (κ2) is 4.28. The van der Waals surface area contributed by atoms with Crippen molar-refractivity contribution in [3.05, 3.63) is 23.8 Å². The Kier molecular flexibility index (Phi) is 3.03. The minimum absolute atomic E-state index is 0.00292. The van der Waals surface area contributed by atoms with Crippen LogP contribution >= 0.6 is 11.8 Å². The molecule has 4 heteroatoms. The Hall–Kier alpha value is -0.610. The molecule has 2 heterocycles. The Morgan fingerprint density at radius 2 is 2.50 bits per heavy atom. The van der Waals surface area contributed by atoms with Crippen LogP contribution in [0.3, 0.4) is 0 Å². The fraction of sp³-hybridized carbons (Fsp3) is 0.600. The largest absolute Gasteiger partial charge is 0.323 e. The van der Waals surface area contributed by atoms with Crippen molar-refractivity contribution in [2.24, 2.45) is 5.73 Å². The maximum Gasteiger partial charge on any atom is 0.141 e. The first kappa shape index (κ1) is 9.93. The molecular formula is C10H15N3S. The van der Waals surface area contributed by atoms with Gasteiger partial charge in [0.25, 0.3) is 0 Å². The molecule has 2 atom stereocenters. The van der Waals surface area contributed by atoms with Gasteiger partial charge < -0.3 is 5.73 Å². The second-order valence-electron chi connectivity index (χ2n) is 3.63. The van der Waals surface area contributed by atoms with E-state index < -0.39 is 0 Å². The number of thioether (sulfide) groups is 1. The highest BCUT2D eigenvalue weighted by Crippen LogP contribution is 2.37. The summed E-state index contributed by atoms with van der Waals surface area (Å²) in [5.74, 6) is 2.19. The summed E-state index contributed by atoms with van der Waals surface area (Å²) in [5, 5.41) is 0.494. The van der Waals surface area contributed by atoms with Crippen molar-refractivity contribution < 1.29 is 0 Å². The van der Waals surface area contributed by atoms with Crippen LogP contribution in [-0.2, 0) is 0 Å². The molecule has 2 rings (SSSR count). The van der Waals surface area contributed by atoms with Gasteiger partial charge in [-0.1, -0.05) is 0 Å². The lowest BCUT2D eigenvalue weighted by Gasteiger charge is -2.09. The third-order valence-electron chi connectivity index (χ3n) is 2.38. The van der Waals surface area contributed by atoms with Crippen molar-refractivity contribution in [3.8, 4) is 0 Å². The highest BCUT2D eigenvalue weighted by atomic mass is 32.2. The number of aromatic nitrogens is 2. The fourth-order valence-electron chi connectivity index (χ4n) is 1.58. The summed E-state index contributed by atoms with van der Waals surface area (Å²) in [6.07, 6.45) is 4.30. The molecule has 2 unspecified atom stereocenters. The maximum absolute atomic E-state index is 5.78. The molecule has 0 spiro atoms. The average Bonchev–Trinajstić information content (AvgIpc) is 2.71. The predicted octanol–water partition coefficient (Wildman–Crippen LogP) is 2.06. The summed E-state index contributed by atoms with van der Waals surface area (Å²) in [6.45, 7) is 1.95. The smallest absolute Gasteiger partial charge is 0.141 e. The normalized spacial score (nSPS) is 23.7. The van der Waals surface area contributed by atoms with Crippen LogP contribution in [0.15, 0.2) is 12.3 Å². The van der Waals surface area contributed by atoms with Crippen LogP contribution < -0.4 is 5.73 Å². The first-order valence-corrected chi connectivity index (χ1v) is 6.02. The summed E-state index contributed by atoms with van der Waals surface area (Å²) in [4.78, 5) is 8.81. The highest BCUT2D eigenvalue weighted by molar-refractivity contribution is 7.99. The van der Waals surface area contributed by atoms with E-state index in [1.54, 1.807) is 0 Å². The number of rotatable bonds is 2. The Morgan fingerprint density at radius 3 is 3.14 bits per heavy atom. The van der Waals surface area contributed by atoms with Gasteiger partial charge in [0.05, 0.1) is 10.9 Å². The van der Waals surface area contributed by atoms with E-state index in [9.17, 15) is 0 Å². The fourth-order valence-corrected chi connectivity index (χ4v) is 2.79. The summed E-state index contributed by atoms with van der Waals surface area (Å²) in [6, 6.07) is 1.90. The number of hydrogen-bond donors (Lipinski definition) is 1. The molecule has 0 aromatic carbocycles. The predicted molar refractivity (Wildman–Crippen MR) is 59.1 cm³/mol. The molecule has 1 aromatic heterocycles. The van der Waals surface area contributed by atoms with Crippen LogP contribution in [0.5, 0.6) is 0 Å². The lowest BCUT2D eigenvalue weighted by atomic mass is 10.2. The third-order valence-corrected chi connectivity index (χ3v) is 3.75. The van der Waals surface area contributed by atoms with E-state index in [4.69, 9.17) is 5.73 Å². The molecule has 0 saturated carbocycles. The van der Waals surface area contributed by atoms with Crippen molar-refractivity contribution in [2.45, 2.75) is 31.1 Å². The number of nitrogens with zero attached hydrogens (tertiary/aromatic N) is 2. The average molecular weight is 209 g/mol. The zero-order chi connectivity index (χ0) is 9.97. The quantitative estimate of drug-likeness (QED) is 0.810.